The average Bonchev–Trinajstić information content (AvgIpc) is 3.15. The summed E-state index contributed by atoms with van der Waals surface area (Å²) in [7, 11) is 0. The van der Waals surface area contributed by atoms with Crippen LogP contribution in [0.2, 0.25) is 5.02 Å². The number of benzene rings is 3. The maximum Gasteiger partial charge on any atom is 0.269 e. The van der Waals surface area contributed by atoms with Crippen LogP contribution in [-0.2, 0) is 16.0 Å². The monoisotopic (exact) mass is 515 g/mol. The molecule has 5 nitrogen and oxygen atoms in total. The minimum Gasteiger partial charge on any atom is -0.321 e. The number of hydrogen-bond donors (Lipinski definition) is 1. The van der Waals surface area contributed by atoms with E-state index >= 15 is 0 Å². The van der Waals surface area contributed by atoms with E-state index in [-0.39, 0.29) is 11.5 Å². The van der Waals surface area contributed by atoms with Gasteiger partial charge in [-0.3, -0.25) is 14.5 Å². The summed E-state index contributed by atoms with van der Waals surface area (Å²) in [5, 5.41) is 13.3. The van der Waals surface area contributed by atoms with Crippen LogP contribution in [0.3, 0.4) is 0 Å². The summed E-state index contributed by atoms with van der Waals surface area (Å²) in [6.45, 7) is 7.85. The van der Waals surface area contributed by atoms with E-state index < -0.39 is 11.2 Å². The van der Waals surface area contributed by atoms with Crippen LogP contribution in [-0.4, -0.2) is 17.1 Å². The number of nitrogens with zero attached hydrogens (tertiary/aromatic N) is 2. The maximum atomic E-state index is 13.7. The van der Waals surface area contributed by atoms with E-state index in [1.165, 1.54) is 16.7 Å². The fraction of sp³-hybridized carbons (Fsp3) is 0.207. The summed E-state index contributed by atoms with van der Waals surface area (Å²) < 4.78 is 0. The van der Waals surface area contributed by atoms with E-state index in [4.69, 9.17) is 11.6 Å². The minimum absolute atomic E-state index is 0.100. The lowest BCUT2D eigenvalue weighted by atomic mass is 10.1. The predicted molar refractivity (Wildman–Crippen MR) is 147 cm³/mol. The SMILES string of the molecule is Cc1ccc(NC(=O)C(C#N)=C2SC(Cc3ccc(C)c(Cl)c3)C(=O)N2c2ccc(C)c(C)c2)cc1. The summed E-state index contributed by atoms with van der Waals surface area (Å²) in [6, 6.07) is 20.8. The molecule has 1 aliphatic heterocycles. The molecule has 1 aliphatic rings. The van der Waals surface area contributed by atoms with Gasteiger partial charge >= 0.3 is 0 Å². The topological polar surface area (TPSA) is 73.2 Å². The molecule has 7 heteroatoms. The first-order valence-corrected chi connectivity index (χ1v) is 12.8. The Labute approximate surface area is 220 Å². The van der Waals surface area contributed by atoms with Crippen LogP contribution in [0.5, 0.6) is 0 Å². The Morgan fingerprint density at radius 3 is 2.33 bits per heavy atom. The number of carbonyl (C=O) groups is 2. The number of nitrogens with one attached hydrogen (secondary N) is 1. The van der Waals surface area contributed by atoms with Gasteiger partial charge in [0.25, 0.3) is 5.91 Å². The second-order valence-electron chi connectivity index (χ2n) is 8.95. The summed E-state index contributed by atoms with van der Waals surface area (Å²) in [6.07, 6.45) is 0.423. The molecule has 0 spiro atoms. The molecule has 0 radical (unpaired) electrons. The molecule has 0 bridgehead atoms. The largest absolute Gasteiger partial charge is 0.321 e. The van der Waals surface area contributed by atoms with Gasteiger partial charge in [-0.15, -0.1) is 0 Å². The molecule has 0 aromatic heterocycles. The number of hydrogen-bond acceptors (Lipinski definition) is 4. The highest BCUT2D eigenvalue weighted by atomic mass is 35.5. The lowest BCUT2D eigenvalue weighted by molar-refractivity contribution is -0.117. The van der Waals surface area contributed by atoms with Crippen molar-refractivity contribution >= 4 is 46.6 Å². The molecular weight excluding hydrogens is 490 g/mol. The number of amides is 2. The van der Waals surface area contributed by atoms with Gasteiger partial charge in [0.1, 0.15) is 16.7 Å². The zero-order chi connectivity index (χ0) is 26.0. The molecule has 36 heavy (non-hydrogen) atoms. The second-order valence-corrected chi connectivity index (χ2v) is 10.5. The van der Waals surface area contributed by atoms with Crippen molar-refractivity contribution in [3.8, 4) is 6.07 Å². The Bertz CT molecular complexity index is 1420. The van der Waals surface area contributed by atoms with Crippen LogP contribution < -0.4 is 10.2 Å². The van der Waals surface area contributed by atoms with Crippen molar-refractivity contribution in [3.63, 3.8) is 0 Å². The van der Waals surface area contributed by atoms with E-state index in [0.717, 1.165) is 27.8 Å². The number of nitriles is 1. The van der Waals surface area contributed by atoms with E-state index in [1.807, 2.05) is 76.2 Å². The molecule has 3 aromatic carbocycles. The highest BCUT2D eigenvalue weighted by Crippen LogP contribution is 2.42. The second kappa shape index (κ2) is 10.6. The molecule has 1 unspecified atom stereocenters. The quantitative estimate of drug-likeness (QED) is 0.305. The highest BCUT2D eigenvalue weighted by molar-refractivity contribution is 8.05. The molecule has 1 N–H and O–H groups in total. The van der Waals surface area contributed by atoms with Gasteiger partial charge in [0.15, 0.2) is 0 Å². The van der Waals surface area contributed by atoms with Crippen molar-refractivity contribution in [1.82, 2.24) is 0 Å². The summed E-state index contributed by atoms with van der Waals surface area (Å²) in [5.41, 5.74) is 6.15. The molecule has 0 saturated carbocycles. The average molecular weight is 516 g/mol. The van der Waals surface area contributed by atoms with E-state index in [2.05, 4.69) is 11.4 Å². The Hall–Kier alpha value is -3.53. The van der Waals surface area contributed by atoms with Crippen LogP contribution in [0.25, 0.3) is 0 Å². The number of carbonyl (C=O) groups excluding carboxylic acids is 2. The third kappa shape index (κ3) is 5.33. The smallest absolute Gasteiger partial charge is 0.269 e. The Morgan fingerprint density at radius 2 is 1.69 bits per heavy atom. The fourth-order valence-corrected chi connectivity index (χ4v) is 5.41. The minimum atomic E-state index is -0.551. The molecule has 1 heterocycles. The first-order chi connectivity index (χ1) is 17.2. The van der Waals surface area contributed by atoms with Crippen molar-refractivity contribution in [2.45, 2.75) is 39.4 Å². The Morgan fingerprint density at radius 1 is 1.00 bits per heavy atom. The van der Waals surface area contributed by atoms with Crippen molar-refractivity contribution in [3.05, 3.63) is 104 Å². The zero-order valence-corrected chi connectivity index (χ0v) is 22.1. The third-order valence-corrected chi connectivity index (χ3v) is 7.89. The number of thioether (sulfide) groups is 1. The Kier molecular flexibility index (Phi) is 7.53. The van der Waals surface area contributed by atoms with Crippen molar-refractivity contribution in [2.24, 2.45) is 0 Å². The van der Waals surface area contributed by atoms with Crippen molar-refractivity contribution in [1.29, 1.82) is 5.26 Å². The van der Waals surface area contributed by atoms with Gasteiger partial charge in [-0.1, -0.05) is 59.3 Å². The van der Waals surface area contributed by atoms with Gasteiger partial charge in [-0.2, -0.15) is 5.26 Å². The van der Waals surface area contributed by atoms with E-state index in [0.29, 0.717) is 27.8 Å². The molecule has 0 aliphatic carbocycles. The van der Waals surface area contributed by atoms with Gasteiger partial charge < -0.3 is 5.32 Å². The normalized spacial score (nSPS) is 16.6. The van der Waals surface area contributed by atoms with Crippen LogP contribution in [0, 0.1) is 39.0 Å². The van der Waals surface area contributed by atoms with Gasteiger partial charge in [0.05, 0.1) is 5.25 Å². The van der Waals surface area contributed by atoms with Crippen LogP contribution >= 0.6 is 23.4 Å². The number of halogens is 1. The zero-order valence-electron chi connectivity index (χ0n) is 20.6. The third-order valence-electron chi connectivity index (χ3n) is 6.22. The molecule has 1 saturated heterocycles. The number of aryl methyl sites for hydroxylation is 4. The molecule has 4 rings (SSSR count). The van der Waals surface area contributed by atoms with Gasteiger partial charge in [-0.05, 0) is 86.7 Å². The molecule has 1 fully saturated rings. The molecule has 3 aromatic rings. The Balaban J connectivity index is 1.74. The first kappa shape index (κ1) is 25.6. The predicted octanol–water partition coefficient (Wildman–Crippen LogP) is 6.64. The van der Waals surface area contributed by atoms with Crippen LogP contribution in [0.1, 0.15) is 27.8 Å². The van der Waals surface area contributed by atoms with E-state index in [1.54, 1.807) is 12.1 Å². The number of anilines is 2. The summed E-state index contributed by atoms with van der Waals surface area (Å²) >= 11 is 7.56. The van der Waals surface area contributed by atoms with Gasteiger partial charge in [0.2, 0.25) is 5.91 Å². The standard InChI is InChI=1S/C29H26ClN3O2S/c1-17-5-10-22(11-6-17)32-27(34)24(16-31)29-33(23-12-8-18(2)20(4)13-23)28(35)26(36-29)15-21-9-7-19(3)25(30)14-21/h5-14,26H,15H2,1-4H3,(H,32,34). The summed E-state index contributed by atoms with van der Waals surface area (Å²) in [5.74, 6) is -0.727. The van der Waals surface area contributed by atoms with Gasteiger partial charge in [0, 0.05) is 16.4 Å². The summed E-state index contributed by atoms with van der Waals surface area (Å²) in [4.78, 5) is 28.4. The van der Waals surface area contributed by atoms with Crippen molar-refractivity contribution in [2.75, 3.05) is 10.2 Å². The fourth-order valence-electron chi connectivity index (χ4n) is 3.89. The molecule has 1 atom stereocenters. The van der Waals surface area contributed by atoms with Gasteiger partial charge in [-0.25, -0.2) is 0 Å². The van der Waals surface area contributed by atoms with Crippen molar-refractivity contribution < 1.29 is 9.59 Å². The number of rotatable bonds is 5. The highest BCUT2D eigenvalue weighted by Gasteiger charge is 2.41. The first-order valence-electron chi connectivity index (χ1n) is 11.5. The maximum absolute atomic E-state index is 13.7. The van der Waals surface area contributed by atoms with Crippen LogP contribution in [0.4, 0.5) is 11.4 Å². The molecule has 182 valence electrons. The van der Waals surface area contributed by atoms with Crippen LogP contribution in [0.15, 0.2) is 71.3 Å². The molecular formula is C29H26ClN3O2S. The lowest BCUT2D eigenvalue weighted by Gasteiger charge is -2.20. The lowest BCUT2D eigenvalue weighted by Crippen LogP contribution is -2.31. The van der Waals surface area contributed by atoms with E-state index in [9.17, 15) is 14.9 Å². The molecule has 2 amide bonds.